The first-order chi connectivity index (χ1) is 10.1. The summed E-state index contributed by atoms with van der Waals surface area (Å²) in [5, 5.41) is 9.27. The first kappa shape index (κ1) is 14.8. The molecule has 1 N–H and O–H groups in total. The summed E-state index contributed by atoms with van der Waals surface area (Å²) in [6, 6.07) is 7.13. The topological polar surface area (TPSA) is 72.2 Å². The molecule has 1 aromatic carbocycles. The van der Waals surface area contributed by atoms with Crippen molar-refractivity contribution in [2.45, 2.75) is 32.2 Å². The number of hydrogen-bond donors (Lipinski definition) is 1. The molecule has 0 saturated carbocycles. The highest BCUT2D eigenvalue weighted by atomic mass is 16.4. The number of hydrogen-bond acceptors (Lipinski definition) is 3. The second kappa shape index (κ2) is 6.71. The zero-order valence-corrected chi connectivity index (χ0v) is 11.6. The minimum Gasteiger partial charge on any atom is -0.481 e. The van der Waals surface area contributed by atoms with Crippen molar-refractivity contribution in [1.29, 1.82) is 0 Å². The van der Waals surface area contributed by atoms with Crippen LogP contribution in [0.5, 0.6) is 0 Å². The number of benzene rings is 1. The van der Waals surface area contributed by atoms with Gasteiger partial charge in [-0.05, 0) is 18.6 Å². The SMILES string of the molecule is C#CCCn1c(CCCC(=O)O)nc2ccccc2c1=O. The van der Waals surface area contributed by atoms with Crippen LogP contribution in [0.15, 0.2) is 29.1 Å². The average molecular weight is 284 g/mol. The quantitative estimate of drug-likeness (QED) is 0.821. The van der Waals surface area contributed by atoms with Gasteiger partial charge in [-0.3, -0.25) is 14.2 Å². The molecule has 0 aliphatic heterocycles. The van der Waals surface area contributed by atoms with Crippen molar-refractivity contribution in [2.24, 2.45) is 0 Å². The summed E-state index contributed by atoms with van der Waals surface area (Å²) in [6.07, 6.45) is 6.64. The van der Waals surface area contributed by atoms with Gasteiger partial charge in [0.05, 0.1) is 10.9 Å². The number of rotatable bonds is 6. The normalized spacial score (nSPS) is 10.4. The lowest BCUT2D eigenvalue weighted by Gasteiger charge is -2.12. The van der Waals surface area contributed by atoms with Crippen LogP contribution in [0.4, 0.5) is 0 Å². The molecule has 0 aliphatic rings. The Bertz CT molecular complexity index is 756. The van der Waals surface area contributed by atoms with E-state index in [-0.39, 0.29) is 12.0 Å². The molecular formula is C16H16N2O3. The van der Waals surface area contributed by atoms with Crippen LogP contribution in [0.25, 0.3) is 10.9 Å². The number of aliphatic carboxylic acids is 1. The largest absolute Gasteiger partial charge is 0.481 e. The van der Waals surface area contributed by atoms with Crippen molar-refractivity contribution in [3.05, 3.63) is 40.4 Å². The molecule has 2 aromatic rings. The number of carboxylic acids is 1. The highest BCUT2D eigenvalue weighted by molar-refractivity contribution is 5.77. The van der Waals surface area contributed by atoms with Gasteiger partial charge in [0.2, 0.25) is 0 Å². The Morgan fingerprint density at radius 1 is 1.38 bits per heavy atom. The third-order valence-corrected chi connectivity index (χ3v) is 3.21. The van der Waals surface area contributed by atoms with E-state index in [9.17, 15) is 9.59 Å². The van der Waals surface area contributed by atoms with Gasteiger partial charge in [0.15, 0.2) is 0 Å². The molecule has 0 unspecified atom stereocenters. The molecule has 1 aromatic heterocycles. The third-order valence-electron chi connectivity index (χ3n) is 3.21. The Balaban J connectivity index is 2.42. The van der Waals surface area contributed by atoms with Gasteiger partial charge in [-0.2, -0.15) is 0 Å². The number of fused-ring (bicyclic) bond motifs is 1. The zero-order valence-electron chi connectivity index (χ0n) is 11.6. The fraction of sp³-hybridized carbons (Fsp3) is 0.312. The standard InChI is InChI=1S/C16H16N2O3/c1-2-3-11-18-14(9-6-10-15(19)20)17-13-8-5-4-7-12(13)16(18)21/h1,4-5,7-8H,3,6,9-11H2,(H,19,20). The number of aryl methyl sites for hydroxylation is 1. The monoisotopic (exact) mass is 284 g/mol. The molecular weight excluding hydrogens is 268 g/mol. The summed E-state index contributed by atoms with van der Waals surface area (Å²) in [5.41, 5.74) is 0.506. The van der Waals surface area contributed by atoms with Crippen LogP contribution in [0.3, 0.4) is 0 Å². The molecule has 0 radical (unpaired) electrons. The highest BCUT2D eigenvalue weighted by Gasteiger charge is 2.10. The number of carbonyl (C=O) groups is 1. The molecule has 0 fully saturated rings. The van der Waals surface area contributed by atoms with Crippen molar-refractivity contribution in [1.82, 2.24) is 9.55 Å². The van der Waals surface area contributed by atoms with Gasteiger partial charge in [0.1, 0.15) is 5.82 Å². The average Bonchev–Trinajstić information content (AvgIpc) is 2.46. The van der Waals surface area contributed by atoms with Crippen molar-refractivity contribution in [3.63, 3.8) is 0 Å². The second-order valence-corrected chi connectivity index (χ2v) is 4.70. The Labute approximate surface area is 122 Å². The minimum atomic E-state index is -0.853. The third kappa shape index (κ3) is 3.48. The molecule has 0 spiro atoms. The smallest absolute Gasteiger partial charge is 0.303 e. The summed E-state index contributed by atoms with van der Waals surface area (Å²) in [5.74, 6) is 2.25. The molecule has 0 bridgehead atoms. The highest BCUT2D eigenvalue weighted by Crippen LogP contribution is 2.10. The van der Waals surface area contributed by atoms with Gasteiger partial charge in [-0.1, -0.05) is 12.1 Å². The minimum absolute atomic E-state index is 0.0534. The summed E-state index contributed by atoms with van der Waals surface area (Å²) in [7, 11) is 0. The van der Waals surface area contributed by atoms with E-state index in [0.29, 0.717) is 42.5 Å². The molecule has 0 aliphatic carbocycles. The second-order valence-electron chi connectivity index (χ2n) is 4.70. The van der Waals surface area contributed by atoms with Gasteiger partial charge in [0.25, 0.3) is 5.56 Å². The summed E-state index contributed by atoms with van der Waals surface area (Å²) in [6.45, 7) is 0.398. The fourth-order valence-electron chi connectivity index (χ4n) is 2.21. The first-order valence-electron chi connectivity index (χ1n) is 6.77. The van der Waals surface area contributed by atoms with E-state index >= 15 is 0 Å². The number of aromatic nitrogens is 2. The number of para-hydroxylation sites is 1. The van der Waals surface area contributed by atoms with Crippen LogP contribution in [-0.4, -0.2) is 20.6 Å². The molecule has 0 amide bonds. The van der Waals surface area contributed by atoms with Gasteiger partial charge >= 0.3 is 5.97 Å². The summed E-state index contributed by atoms with van der Waals surface area (Å²) >= 11 is 0. The molecule has 21 heavy (non-hydrogen) atoms. The van der Waals surface area contributed by atoms with Gasteiger partial charge in [-0.25, -0.2) is 4.98 Å². The Kier molecular flexibility index (Phi) is 4.72. The number of terminal acetylenes is 1. The van der Waals surface area contributed by atoms with Gasteiger partial charge in [0, 0.05) is 25.8 Å². The van der Waals surface area contributed by atoms with E-state index in [0.717, 1.165) is 0 Å². The Hall–Kier alpha value is -2.61. The van der Waals surface area contributed by atoms with Crippen LogP contribution in [-0.2, 0) is 17.8 Å². The van der Waals surface area contributed by atoms with E-state index in [1.54, 1.807) is 22.8 Å². The fourth-order valence-corrected chi connectivity index (χ4v) is 2.21. The van der Waals surface area contributed by atoms with Gasteiger partial charge in [-0.15, -0.1) is 12.3 Å². The van der Waals surface area contributed by atoms with Crippen molar-refractivity contribution < 1.29 is 9.90 Å². The molecule has 108 valence electrons. The van der Waals surface area contributed by atoms with Crippen molar-refractivity contribution in [3.8, 4) is 12.3 Å². The Morgan fingerprint density at radius 3 is 2.86 bits per heavy atom. The molecule has 0 saturated heterocycles. The van der Waals surface area contributed by atoms with E-state index in [4.69, 9.17) is 11.5 Å². The van der Waals surface area contributed by atoms with Crippen LogP contribution in [0.2, 0.25) is 0 Å². The number of nitrogens with zero attached hydrogens (tertiary/aromatic N) is 2. The maximum atomic E-state index is 12.5. The molecule has 2 rings (SSSR count). The molecule has 5 nitrogen and oxygen atoms in total. The predicted octanol–water partition coefficient (Wildman–Crippen LogP) is 1.83. The maximum absolute atomic E-state index is 12.5. The summed E-state index contributed by atoms with van der Waals surface area (Å²) in [4.78, 5) is 27.6. The van der Waals surface area contributed by atoms with E-state index in [1.807, 2.05) is 6.07 Å². The van der Waals surface area contributed by atoms with Gasteiger partial charge < -0.3 is 5.11 Å². The van der Waals surface area contributed by atoms with Crippen LogP contribution in [0, 0.1) is 12.3 Å². The van der Waals surface area contributed by atoms with Crippen LogP contribution >= 0.6 is 0 Å². The lowest BCUT2D eigenvalue weighted by molar-refractivity contribution is -0.137. The maximum Gasteiger partial charge on any atom is 0.303 e. The lowest BCUT2D eigenvalue weighted by atomic mass is 10.2. The molecule has 5 heteroatoms. The zero-order chi connectivity index (χ0) is 15.2. The molecule has 0 atom stereocenters. The van der Waals surface area contributed by atoms with Crippen molar-refractivity contribution in [2.75, 3.05) is 0 Å². The Morgan fingerprint density at radius 2 is 2.14 bits per heavy atom. The van der Waals surface area contributed by atoms with E-state index in [2.05, 4.69) is 10.9 Å². The van der Waals surface area contributed by atoms with Crippen LogP contribution in [0.1, 0.15) is 25.1 Å². The van der Waals surface area contributed by atoms with E-state index in [1.165, 1.54) is 0 Å². The predicted molar refractivity (Wildman–Crippen MR) is 80.0 cm³/mol. The molecule has 1 heterocycles. The van der Waals surface area contributed by atoms with Crippen molar-refractivity contribution >= 4 is 16.9 Å². The first-order valence-corrected chi connectivity index (χ1v) is 6.77. The lowest BCUT2D eigenvalue weighted by Crippen LogP contribution is -2.25. The summed E-state index contributed by atoms with van der Waals surface area (Å²) < 4.78 is 1.56. The van der Waals surface area contributed by atoms with Crippen LogP contribution < -0.4 is 5.56 Å². The number of carboxylic acid groups (broad SMARTS) is 1. The van der Waals surface area contributed by atoms with E-state index < -0.39 is 5.97 Å².